The molecule has 3 N–H and O–H groups in total. The SMILES string of the molecule is COc1cc(OC)c(OC)cc1CNC(=O)C1CC(O)CN1.Cl. The lowest BCUT2D eigenvalue weighted by Crippen LogP contribution is -2.40. The number of carbonyl (C=O) groups is 1. The Labute approximate surface area is 141 Å². The summed E-state index contributed by atoms with van der Waals surface area (Å²) in [5.41, 5.74) is 0.784. The number of carbonyl (C=O) groups excluding carboxylic acids is 1. The average Bonchev–Trinajstić information content (AvgIpc) is 2.98. The number of halogens is 1. The Morgan fingerprint density at radius 3 is 2.35 bits per heavy atom. The first-order valence-corrected chi connectivity index (χ1v) is 7.07. The summed E-state index contributed by atoms with van der Waals surface area (Å²) in [6, 6.07) is 3.13. The van der Waals surface area contributed by atoms with Crippen molar-refractivity contribution in [3.8, 4) is 17.2 Å². The number of hydrogen-bond donors (Lipinski definition) is 3. The molecule has 2 atom stereocenters. The minimum Gasteiger partial charge on any atom is -0.496 e. The molecule has 1 saturated heterocycles. The second-order valence-corrected chi connectivity index (χ2v) is 5.09. The van der Waals surface area contributed by atoms with Crippen LogP contribution in [0.1, 0.15) is 12.0 Å². The molecule has 1 aromatic carbocycles. The maximum absolute atomic E-state index is 12.1. The third-order valence-corrected chi connectivity index (χ3v) is 3.66. The van der Waals surface area contributed by atoms with Crippen LogP contribution in [-0.2, 0) is 11.3 Å². The van der Waals surface area contributed by atoms with Crippen LogP contribution >= 0.6 is 12.4 Å². The number of β-amino-alcohol motifs (C(OH)–C–C–N with tert-alkyl or cyclic N) is 1. The van der Waals surface area contributed by atoms with Gasteiger partial charge in [0.25, 0.3) is 0 Å². The molecule has 7 nitrogen and oxygen atoms in total. The van der Waals surface area contributed by atoms with Crippen LogP contribution in [-0.4, -0.2) is 51.0 Å². The number of benzene rings is 1. The largest absolute Gasteiger partial charge is 0.496 e. The van der Waals surface area contributed by atoms with Gasteiger partial charge >= 0.3 is 0 Å². The summed E-state index contributed by atoms with van der Waals surface area (Å²) in [7, 11) is 4.66. The molecule has 1 amide bonds. The Kier molecular flexibility index (Phi) is 7.41. The average molecular weight is 347 g/mol. The molecule has 2 rings (SSSR count). The third-order valence-electron chi connectivity index (χ3n) is 3.66. The van der Waals surface area contributed by atoms with Gasteiger partial charge in [-0.15, -0.1) is 12.4 Å². The van der Waals surface area contributed by atoms with Gasteiger partial charge in [-0.25, -0.2) is 0 Å². The highest BCUT2D eigenvalue weighted by Crippen LogP contribution is 2.34. The number of aliphatic hydroxyl groups is 1. The van der Waals surface area contributed by atoms with Gasteiger partial charge in [-0.2, -0.15) is 0 Å². The zero-order chi connectivity index (χ0) is 16.1. The Morgan fingerprint density at radius 2 is 1.83 bits per heavy atom. The van der Waals surface area contributed by atoms with E-state index < -0.39 is 6.10 Å². The van der Waals surface area contributed by atoms with Crippen LogP contribution in [0.25, 0.3) is 0 Å². The lowest BCUT2D eigenvalue weighted by Gasteiger charge is -2.16. The molecule has 0 bridgehead atoms. The first-order valence-electron chi connectivity index (χ1n) is 7.07. The molecule has 1 aromatic rings. The van der Waals surface area contributed by atoms with Gasteiger partial charge in [0.1, 0.15) is 5.75 Å². The van der Waals surface area contributed by atoms with Crippen molar-refractivity contribution in [2.24, 2.45) is 0 Å². The van der Waals surface area contributed by atoms with Crippen molar-refractivity contribution in [1.29, 1.82) is 0 Å². The van der Waals surface area contributed by atoms with Crippen LogP contribution < -0.4 is 24.8 Å². The van der Waals surface area contributed by atoms with E-state index in [1.807, 2.05) is 0 Å². The van der Waals surface area contributed by atoms with E-state index in [9.17, 15) is 9.90 Å². The summed E-state index contributed by atoms with van der Waals surface area (Å²) in [6.07, 6.45) is -0.0408. The first kappa shape index (κ1) is 19.3. The van der Waals surface area contributed by atoms with E-state index in [0.29, 0.717) is 36.8 Å². The van der Waals surface area contributed by atoms with Gasteiger partial charge in [0.05, 0.1) is 33.5 Å². The van der Waals surface area contributed by atoms with Gasteiger partial charge < -0.3 is 30.0 Å². The van der Waals surface area contributed by atoms with Gasteiger partial charge in [-0.05, 0) is 12.5 Å². The highest BCUT2D eigenvalue weighted by atomic mass is 35.5. The van der Waals surface area contributed by atoms with Gasteiger partial charge in [-0.3, -0.25) is 4.79 Å². The molecule has 0 aliphatic carbocycles. The summed E-state index contributed by atoms with van der Waals surface area (Å²) in [5.74, 6) is 1.60. The fourth-order valence-electron chi connectivity index (χ4n) is 2.45. The molecule has 1 aliphatic heterocycles. The van der Waals surface area contributed by atoms with E-state index in [-0.39, 0.29) is 24.4 Å². The number of methoxy groups -OCH3 is 3. The van der Waals surface area contributed by atoms with Crippen molar-refractivity contribution in [1.82, 2.24) is 10.6 Å². The maximum Gasteiger partial charge on any atom is 0.237 e. The summed E-state index contributed by atoms with van der Waals surface area (Å²) in [6.45, 7) is 0.744. The van der Waals surface area contributed by atoms with Crippen LogP contribution in [0.2, 0.25) is 0 Å². The van der Waals surface area contributed by atoms with Gasteiger partial charge in [0, 0.05) is 24.7 Å². The van der Waals surface area contributed by atoms with Crippen LogP contribution in [0.15, 0.2) is 12.1 Å². The zero-order valence-electron chi connectivity index (χ0n) is 13.4. The molecule has 2 unspecified atom stereocenters. The Morgan fingerprint density at radius 1 is 1.22 bits per heavy atom. The molecule has 23 heavy (non-hydrogen) atoms. The minimum absolute atomic E-state index is 0. The Balaban J connectivity index is 0.00000264. The van der Waals surface area contributed by atoms with Crippen molar-refractivity contribution in [3.05, 3.63) is 17.7 Å². The predicted octanol–water partition coefficient (Wildman–Crippen LogP) is 0.473. The summed E-state index contributed by atoms with van der Waals surface area (Å²) in [5, 5.41) is 15.3. The second-order valence-electron chi connectivity index (χ2n) is 5.09. The van der Waals surface area contributed by atoms with E-state index in [4.69, 9.17) is 14.2 Å². The second kappa shape index (κ2) is 8.81. The highest BCUT2D eigenvalue weighted by molar-refractivity contribution is 5.85. The molecule has 130 valence electrons. The molecule has 1 heterocycles. The molecular weight excluding hydrogens is 324 g/mol. The monoisotopic (exact) mass is 346 g/mol. The molecule has 0 radical (unpaired) electrons. The molecule has 1 aliphatic rings. The maximum atomic E-state index is 12.1. The van der Waals surface area contributed by atoms with E-state index in [1.54, 1.807) is 33.5 Å². The van der Waals surface area contributed by atoms with Crippen LogP contribution in [0, 0.1) is 0 Å². The van der Waals surface area contributed by atoms with E-state index in [2.05, 4.69) is 10.6 Å². The summed E-state index contributed by atoms with van der Waals surface area (Å²) in [4.78, 5) is 12.1. The predicted molar refractivity (Wildman–Crippen MR) is 87.6 cm³/mol. The summed E-state index contributed by atoms with van der Waals surface area (Å²) < 4.78 is 15.8. The number of amides is 1. The fourth-order valence-corrected chi connectivity index (χ4v) is 2.45. The third kappa shape index (κ3) is 4.63. The lowest BCUT2D eigenvalue weighted by molar-refractivity contribution is -0.123. The van der Waals surface area contributed by atoms with Crippen molar-refractivity contribution in [3.63, 3.8) is 0 Å². The van der Waals surface area contributed by atoms with E-state index in [0.717, 1.165) is 5.56 Å². The van der Waals surface area contributed by atoms with Crippen LogP contribution in [0.5, 0.6) is 17.2 Å². The van der Waals surface area contributed by atoms with Crippen molar-refractivity contribution >= 4 is 18.3 Å². The molecule has 0 spiro atoms. The van der Waals surface area contributed by atoms with E-state index in [1.165, 1.54) is 0 Å². The smallest absolute Gasteiger partial charge is 0.237 e. The number of rotatable bonds is 6. The standard InChI is InChI=1S/C15H22N2O5.ClH/c1-20-12-6-14(22-3)13(21-2)4-9(12)7-17-15(19)11-5-10(18)8-16-11;/h4,6,10-11,16,18H,5,7-8H2,1-3H3,(H,17,19);1H. The molecule has 0 saturated carbocycles. The van der Waals surface area contributed by atoms with Crippen molar-refractivity contribution in [2.45, 2.75) is 25.1 Å². The highest BCUT2D eigenvalue weighted by Gasteiger charge is 2.27. The molecule has 0 aromatic heterocycles. The number of aliphatic hydroxyl groups excluding tert-OH is 1. The number of nitrogens with one attached hydrogen (secondary N) is 2. The summed E-state index contributed by atoms with van der Waals surface area (Å²) >= 11 is 0. The van der Waals surface area contributed by atoms with Crippen LogP contribution in [0.3, 0.4) is 0 Å². The van der Waals surface area contributed by atoms with Crippen molar-refractivity contribution < 1.29 is 24.1 Å². The molecule has 1 fully saturated rings. The number of ether oxygens (including phenoxy) is 3. The Hall–Kier alpha value is -1.70. The molecule has 8 heteroatoms. The normalized spacial score (nSPS) is 19.7. The number of hydrogen-bond acceptors (Lipinski definition) is 6. The Bertz CT molecular complexity index is 541. The minimum atomic E-state index is -0.466. The fraction of sp³-hybridized carbons (Fsp3) is 0.533. The topological polar surface area (TPSA) is 89.0 Å². The van der Waals surface area contributed by atoms with E-state index >= 15 is 0 Å². The first-order chi connectivity index (χ1) is 10.6. The van der Waals surface area contributed by atoms with Gasteiger partial charge in [0.2, 0.25) is 5.91 Å². The van der Waals surface area contributed by atoms with Crippen molar-refractivity contribution in [2.75, 3.05) is 27.9 Å². The van der Waals surface area contributed by atoms with Gasteiger partial charge in [-0.1, -0.05) is 0 Å². The quantitative estimate of drug-likeness (QED) is 0.694. The molecular formula is C15H23ClN2O5. The zero-order valence-corrected chi connectivity index (χ0v) is 14.2. The van der Waals surface area contributed by atoms with Gasteiger partial charge in [0.15, 0.2) is 11.5 Å². The lowest BCUT2D eigenvalue weighted by atomic mass is 10.1. The van der Waals surface area contributed by atoms with Crippen LogP contribution in [0.4, 0.5) is 0 Å².